The average molecular weight is 1600 g/mol. The van der Waals surface area contributed by atoms with Gasteiger partial charge in [0.15, 0.2) is 6.23 Å². The summed E-state index contributed by atoms with van der Waals surface area (Å²) in [6.45, 7) is 23.7. The number of ether oxygens (including phenoxy) is 1. The number of aryl methyl sites for hydroxylation is 2. The number of aromatic nitrogens is 2. The Morgan fingerprint density at radius 2 is 1.43 bits per heavy atom. The topological polar surface area (TPSA) is 567 Å². The Morgan fingerprint density at radius 3 is 2.03 bits per heavy atom. The normalized spacial score (nSPS) is 33.0. The van der Waals surface area contributed by atoms with Gasteiger partial charge in [0.05, 0.1) is 42.2 Å². The number of phosphoric ester groups is 1. The van der Waals surface area contributed by atoms with Gasteiger partial charge in [0.2, 0.25) is 41.4 Å². The molecule has 0 radical (unpaired) electrons. The Bertz CT molecular complexity index is 4160. The molecule has 598 valence electrons. The molecule has 4 fully saturated rings. The number of imidazole rings is 1. The van der Waals surface area contributed by atoms with Gasteiger partial charge in [0.1, 0.15) is 18.3 Å². The summed E-state index contributed by atoms with van der Waals surface area (Å²) in [5.74, 6) is -7.17. The van der Waals surface area contributed by atoms with Gasteiger partial charge < -0.3 is 106 Å². The van der Waals surface area contributed by atoms with Crippen LogP contribution in [0.3, 0.4) is 0 Å². The molecule has 0 aliphatic carbocycles. The molecule has 1 aromatic carbocycles. The number of carboxylic acids is 1. The standard InChI is InChI=1S/C62H90N13O14P.C10H16N2O3S.CN.Co/c1-29-20-39-40(21-30(29)2)75(28-70-39)57-52(84)53(41(27-76)87-57)89-90(85,86)88-31(3)26-69-49(83)18-19-59(8)37(22-46(66)80)56-62(11)61(10,25-48(68)82)36(14-17-45(65)79)51(74-62)33(5)55-60(9,24-47(67)81)34(12-15-43(63)77)38(71-55)23-42-58(6,7)35(13-16-44(64)78)50(72-42)32(4)54(59)73-56;13-8(14)4-2-1-3-7-9-6(5-16-7)11-10(15)12-9;1-2;/h20-21,23,28,31,34-37,41,52-53,56-57,76,84H,12-19,22,24-27H2,1-11H3,(H15,63,64,65,66,67,68,69,71,72,73,74,77,78,79,80,81,82,83,85,86);6-7,9H,1-5H2,(H,13,14)(H2,11,12,15);;/q;;-1;+3/p-2/t31?,34-,35-,36-,37+,41-,52-,53-,56-,57+,59-,60+,61+,62+;6-,7-,9-;;/m10../s1. The number of unbranched alkanes of at least 4 members (excludes halogenated alkanes) is 1. The summed E-state index contributed by atoms with van der Waals surface area (Å²) >= 11 is 1.87. The number of rotatable bonds is 31. The fraction of sp³-hybridized carbons (Fsp3) is 0.644. The zero-order chi connectivity index (χ0) is 80.2. The first kappa shape index (κ1) is 88.3. The molecule has 8 bridgehead atoms. The zero-order valence-electron chi connectivity index (χ0n) is 63.4. The average Bonchev–Trinajstić information content (AvgIpc) is 1.53. The van der Waals surface area contributed by atoms with Crippen molar-refractivity contribution in [3.05, 3.63) is 75.8 Å². The molecule has 4 saturated heterocycles. The van der Waals surface area contributed by atoms with Crippen molar-refractivity contribution in [2.75, 3.05) is 18.9 Å². The van der Waals surface area contributed by atoms with E-state index < -0.39 is 149 Å². The number of nitrogens with zero attached hydrogens (tertiary/aromatic N) is 7. The van der Waals surface area contributed by atoms with E-state index in [1.54, 1.807) is 6.92 Å². The maximum absolute atomic E-state index is 14.4. The van der Waals surface area contributed by atoms with Crippen LogP contribution in [0.2, 0.25) is 0 Å². The van der Waals surface area contributed by atoms with Gasteiger partial charge in [-0.1, -0.05) is 53.5 Å². The number of thioether (sulfide) groups is 1. The number of hydrogen-bond donors (Lipinski definition) is 12. The molecule has 2 unspecified atom stereocenters. The first-order valence-electron chi connectivity index (χ1n) is 36.3. The van der Waals surface area contributed by atoms with Crippen molar-refractivity contribution in [2.45, 2.75) is 232 Å². The number of amides is 9. The molecule has 18 atom stereocenters. The number of aliphatic hydroxyl groups excluding tert-OH is 2. The molecule has 0 saturated carbocycles. The van der Waals surface area contributed by atoms with E-state index in [2.05, 4.69) is 20.9 Å². The van der Waals surface area contributed by atoms with Gasteiger partial charge in [-0.15, -0.1) is 0 Å². The second-order valence-electron chi connectivity index (χ2n) is 31.3. The third kappa shape index (κ3) is 18.7. The van der Waals surface area contributed by atoms with E-state index in [1.165, 1.54) is 17.8 Å². The number of benzene rings is 1. The van der Waals surface area contributed by atoms with Crippen LogP contribution in [0.4, 0.5) is 4.79 Å². The van der Waals surface area contributed by atoms with Crippen LogP contribution in [0.25, 0.3) is 16.4 Å². The number of allylic oxidation sites excluding steroid dienone is 6. The minimum absolute atomic E-state index is 0. The van der Waals surface area contributed by atoms with E-state index in [0.29, 0.717) is 61.7 Å². The molecule has 2 aromatic rings. The third-order valence-corrected chi connectivity index (χ3v) is 26.2. The maximum atomic E-state index is 14.4. The summed E-state index contributed by atoms with van der Waals surface area (Å²) in [7, 11) is -5.32. The Morgan fingerprint density at radius 1 is 0.817 bits per heavy atom. The minimum Gasteiger partial charge on any atom is -0.756 e. The molecular formula is C73H104CoN16O17PS. The van der Waals surface area contributed by atoms with Crippen LogP contribution in [0.15, 0.2) is 67.8 Å². The minimum atomic E-state index is -5.32. The number of primary amides is 6. The number of nitrogens with one attached hydrogen (secondary N) is 3. The number of urea groups is 1. The molecule has 8 aliphatic rings. The molecule has 18 N–H and O–H groups in total. The van der Waals surface area contributed by atoms with Crippen LogP contribution < -0.4 is 55.2 Å². The fourth-order valence-electron chi connectivity index (χ4n) is 17.6. The van der Waals surface area contributed by atoms with Crippen molar-refractivity contribution < 1.29 is 98.5 Å². The number of carboxylic acid groups (broad SMARTS) is 1. The summed E-state index contributed by atoms with van der Waals surface area (Å²) in [6.07, 6.45) is -1.91. The number of carbonyl (C=O) groups is 9. The molecule has 1 aromatic heterocycles. The van der Waals surface area contributed by atoms with Crippen molar-refractivity contribution in [3.8, 4) is 0 Å². The van der Waals surface area contributed by atoms with Crippen molar-refractivity contribution in [1.82, 2.24) is 25.5 Å². The van der Waals surface area contributed by atoms with Gasteiger partial charge in [-0.3, -0.25) is 57.9 Å². The van der Waals surface area contributed by atoms with E-state index in [4.69, 9.17) is 85.4 Å². The summed E-state index contributed by atoms with van der Waals surface area (Å²) in [4.78, 5) is 149. The molecule has 9 amide bonds. The molecule has 10 rings (SSSR count). The number of hydrogen-bond acceptors (Lipinski definition) is 22. The molecule has 36 heteroatoms. The predicted molar refractivity (Wildman–Crippen MR) is 398 cm³/mol. The van der Waals surface area contributed by atoms with Crippen LogP contribution in [-0.4, -0.2) is 168 Å². The summed E-state index contributed by atoms with van der Waals surface area (Å²) in [5, 5.41) is 51.2. The van der Waals surface area contributed by atoms with Gasteiger partial charge in [-0.05, 0) is 131 Å². The summed E-state index contributed by atoms with van der Waals surface area (Å²) < 4.78 is 31.9. The van der Waals surface area contributed by atoms with Crippen LogP contribution in [0.1, 0.15) is 176 Å². The number of aliphatic hydroxyl groups is 2. The van der Waals surface area contributed by atoms with Gasteiger partial charge >= 0.3 is 28.8 Å². The fourth-order valence-corrected chi connectivity index (χ4v) is 20.3. The quantitative estimate of drug-likeness (QED) is 0.0218. The number of aliphatic imine (C=N–C) groups is 3. The van der Waals surface area contributed by atoms with Crippen molar-refractivity contribution >= 4 is 101 Å². The van der Waals surface area contributed by atoms with E-state index in [-0.39, 0.29) is 118 Å². The second-order valence-corrected chi connectivity index (χ2v) is 33.8. The molecule has 33 nitrogen and oxygen atoms in total. The molecule has 9 heterocycles. The summed E-state index contributed by atoms with van der Waals surface area (Å²) in [5.41, 5.74) is 36.7. The van der Waals surface area contributed by atoms with Gasteiger partial charge in [0, 0.05) is 132 Å². The number of aliphatic carboxylic acids is 1. The van der Waals surface area contributed by atoms with E-state index in [9.17, 15) is 62.8 Å². The van der Waals surface area contributed by atoms with Crippen molar-refractivity contribution in [2.24, 2.45) is 94.7 Å². The van der Waals surface area contributed by atoms with Gasteiger partial charge in [0.25, 0.3) is 7.82 Å². The Labute approximate surface area is 648 Å². The third-order valence-electron chi connectivity index (χ3n) is 23.5. The molecule has 0 spiro atoms. The van der Waals surface area contributed by atoms with E-state index in [1.807, 2.05) is 92.3 Å². The van der Waals surface area contributed by atoms with Crippen LogP contribution in [-0.2, 0) is 73.5 Å². The summed E-state index contributed by atoms with van der Waals surface area (Å²) in [6, 6.07) is 3.09. The largest absolute Gasteiger partial charge is 3.00 e. The van der Waals surface area contributed by atoms with Crippen molar-refractivity contribution in [1.29, 1.82) is 5.26 Å². The van der Waals surface area contributed by atoms with E-state index in [0.717, 1.165) is 36.1 Å². The van der Waals surface area contributed by atoms with Crippen LogP contribution in [0.5, 0.6) is 0 Å². The number of nitrogens with two attached hydrogens (primary N) is 6. The van der Waals surface area contributed by atoms with Gasteiger partial charge in [-0.2, -0.15) is 17.5 Å². The van der Waals surface area contributed by atoms with E-state index >= 15 is 0 Å². The molecular weight excluding hydrogens is 1490 g/mol. The Kier molecular flexibility index (Phi) is 28.5. The van der Waals surface area contributed by atoms with Gasteiger partial charge in [-0.25, -0.2) is 9.78 Å². The zero-order valence-corrected chi connectivity index (χ0v) is 66.1. The molecule has 8 aliphatic heterocycles. The number of phosphoric acid groups is 1. The second kappa shape index (κ2) is 35.2. The molecule has 109 heavy (non-hydrogen) atoms. The smallest absolute Gasteiger partial charge is 0.756 e. The Balaban J connectivity index is 0.000000762. The van der Waals surface area contributed by atoms with Crippen molar-refractivity contribution in [3.63, 3.8) is 0 Å². The predicted octanol–water partition coefficient (Wildman–Crippen LogP) is 4.21. The first-order valence-corrected chi connectivity index (χ1v) is 38.8. The van der Waals surface area contributed by atoms with Crippen LogP contribution >= 0.6 is 19.6 Å². The number of carbonyl (C=O) groups excluding carboxylic acids is 8. The number of fused-ring (bicyclic) bond motifs is 8. The maximum Gasteiger partial charge on any atom is 3.00 e. The monoisotopic (exact) mass is 1600 g/mol. The Hall–Kier alpha value is -7.91. The van der Waals surface area contributed by atoms with Crippen LogP contribution in [0, 0.1) is 71.0 Å². The first-order chi connectivity index (χ1) is 50.5. The SMILES string of the molecule is C/C1=C2N=C(/C=C3N=C(/C(C)=C4\[N-][C@@](C)([C@@H]5N=C1[C@](C)(CCC(=O)NCC(C)OP(=O)([O-])O[C@H]1[C@@H](O)[C@@H](n6cnc7cc(C)c(C)cc76)O[C@@H]1CO)[C@H]5CC(N)=O)[C@@](C)(CC(N)=O)[C@@H]4CCC(N)=O)[C@@](C)(CC(N)=O)[C@@H]\3CCC(N)=O)C(C)(C)[C@@H]/2CCC(N)=O.O=C(O)CCCC[C@@H]1SC[C@@H]2NC(=O)N[C@@H]21.[C-]#N.[Co+3].